The lowest BCUT2D eigenvalue weighted by Gasteiger charge is -2.35. The molecule has 0 aromatic heterocycles. The van der Waals surface area contributed by atoms with E-state index in [4.69, 9.17) is 9.47 Å². The molecule has 29 heavy (non-hydrogen) atoms. The summed E-state index contributed by atoms with van der Waals surface area (Å²) in [6.45, 7) is 5.52. The Bertz CT molecular complexity index is 725. The van der Waals surface area contributed by atoms with Gasteiger partial charge < -0.3 is 19.7 Å². The number of carbonyl (C=O) groups excluding carboxylic acids is 3. The van der Waals surface area contributed by atoms with Crippen molar-refractivity contribution in [3.8, 4) is 5.75 Å². The summed E-state index contributed by atoms with van der Waals surface area (Å²) in [6.07, 6.45) is 3.44. The van der Waals surface area contributed by atoms with E-state index in [0.29, 0.717) is 37.6 Å². The summed E-state index contributed by atoms with van der Waals surface area (Å²) in [5, 5.41) is 2.73. The topological polar surface area (TPSA) is 84.9 Å². The number of piperazine rings is 1. The van der Waals surface area contributed by atoms with Crippen LogP contribution in [0.1, 0.15) is 56.3 Å². The molecular weight excluding hydrogens is 440 g/mol. The minimum Gasteiger partial charge on any atom is -0.493 e. The molecule has 1 unspecified atom stereocenters. The number of hydrogen-bond donors (Lipinski definition) is 1. The van der Waals surface area contributed by atoms with E-state index in [0.717, 1.165) is 30.2 Å². The molecule has 0 spiro atoms. The molecule has 2 rings (SSSR count). The number of hydrogen-bond acceptors (Lipinski definition) is 5. The Morgan fingerprint density at radius 1 is 1.21 bits per heavy atom. The van der Waals surface area contributed by atoms with Crippen molar-refractivity contribution >= 4 is 33.7 Å². The van der Waals surface area contributed by atoms with Gasteiger partial charge in [0.1, 0.15) is 11.8 Å². The molecule has 1 saturated heterocycles. The van der Waals surface area contributed by atoms with Gasteiger partial charge in [-0.1, -0.05) is 42.6 Å². The largest absolute Gasteiger partial charge is 0.493 e. The summed E-state index contributed by atoms with van der Waals surface area (Å²) >= 11 is 3.39. The Morgan fingerprint density at radius 3 is 2.72 bits per heavy atom. The fraction of sp³-hybridized carbons (Fsp3) is 0.571. The Kier molecular flexibility index (Phi) is 9.44. The number of amides is 2. The lowest BCUT2D eigenvalue weighted by Crippen LogP contribution is -2.57. The molecule has 8 heteroatoms. The van der Waals surface area contributed by atoms with Gasteiger partial charge in [0.05, 0.1) is 25.2 Å². The number of benzene rings is 1. The quantitative estimate of drug-likeness (QED) is 0.420. The third-order valence-electron chi connectivity index (χ3n) is 4.60. The lowest BCUT2D eigenvalue weighted by atomic mass is 10.1. The number of nitrogens with zero attached hydrogens (tertiary/aromatic N) is 1. The predicted octanol–water partition coefficient (Wildman–Crippen LogP) is 3.30. The number of carbonyl (C=O) groups is 3. The summed E-state index contributed by atoms with van der Waals surface area (Å²) in [6, 6.07) is 4.32. The Labute approximate surface area is 180 Å². The van der Waals surface area contributed by atoms with Gasteiger partial charge in [0.2, 0.25) is 5.91 Å². The van der Waals surface area contributed by atoms with Crippen molar-refractivity contribution in [1.29, 1.82) is 0 Å². The SMILES string of the molecule is CCCCCOC(=O)CC1C(=O)NCCN1C(=O)c1cc(Br)ccc1OCCC. The molecule has 1 aromatic rings. The average Bonchev–Trinajstić information content (AvgIpc) is 2.71. The molecule has 1 aromatic carbocycles. The van der Waals surface area contributed by atoms with E-state index in [1.165, 1.54) is 4.90 Å². The molecule has 0 radical (unpaired) electrons. The molecule has 0 aliphatic carbocycles. The van der Waals surface area contributed by atoms with E-state index in [2.05, 4.69) is 28.2 Å². The van der Waals surface area contributed by atoms with Gasteiger partial charge in [0, 0.05) is 17.6 Å². The average molecular weight is 469 g/mol. The Hall–Kier alpha value is -2.09. The minimum absolute atomic E-state index is 0.164. The summed E-state index contributed by atoms with van der Waals surface area (Å²) in [5.41, 5.74) is 0.365. The van der Waals surface area contributed by atoms with Crippen LogP contribution in [0.15, 0.2) is 22.7 Å². The van der Waals surface area contributed by atoms with E-state index in [9.17, 15) is 14.4 Å². The second-order valence-corrected chi connectivity index (χ2v) is 7.84. The zero-order valence-electron chi connectivity index (χ0n) is 17.0. The molecule has 1 fully saturated rings. The number of nitrogens with one attached hydrogen (secondary N) is 1. The van der Waals surface area contributed by atoms with Crippen LogP contribution in [0.4, 0.5) is 0 Å². The monoisotopic (exact) mass is 468 g/mol. The second-order valence-electron chi connectivity index (χ2n) is 6.93. The first-order valence-electron chi connectivity index (χ1n) is 10.1. The molecule has 1 heterocycles. The van der Waals surface area contributed by atoms with Gasteiger partial charge in [0.15, 0.2) is 0 Å². The maximum absolute atomic E-state index is 13.3. The predicted molar refractivity (Wildman–Crippen MR) is 113 cm³/mol. The molecule has 7 nitrogen and oxygen atoms in total. The van der Waals surface area contributed by atoms with E-state index in [-0.39, 0.29) is 18.2 Å². The lowest BCUT2D eigenvalue weighted by molar-refractivity contribution is -0.147. The molecule has 1 atom stereocenters. The number of unbranched alkanes of at least 4 members (excludes halogenated alkanes) is 2. The highest BCUT2D eigenvalue weighted by Gasteiger charge is 2.36. The molecule has 1 N–H and O–H groups in total. The van der Waals surface area contributed by atoms with Crippen molar-refractivity contribution in [3.05, 3.63) is 28.2 Å². The normalized spacial score (nSPS) is 16.3. The van der Waals surface area contributed by atoms with E-state index in [1.807, 2.05) is 6.92 Å². The first-order chi connectivity index (χ1) is 14.0. The van der Waals surface area contributed by atoms with Gasteiger partial charge in [0.25, 0.3) is 5.91 Å². The van der Waals surface area contributed by atoms with Gasteiger partial charge in [-0.05, 0) is 31.0 Å². The van der Waals surface area contributed by atoms with Crippen LogP contribution in [0.2, 0.25) is 0 Å². The zero-order chi connectivity index (χ0) is 21.2. The standard InChI is InChI=1S/C21H29BrN2O5/c1-3-5-6-12-29-19(25)14-17-20(26)23-9-10-24(17)21(27)16-13-15(22)7-8-18(16)28-11-4-2/h7-8,13,17H,3-6,9-12,14H2,1-2H3,(H,23,26). The van der Waals surface area contributed by atoms with Crippen LogP contribution in [0, 0.1) is 0 Å². The van der Waals surface area contributed by atoms with E-state index in [1.54, 1.807) is 18.2 Å². The van der Waals surface area contributed by atoms with E-state index < -0.39 is 12.0 Å². The molecule has 1 aliphatic heterocycles. The van der Waals surface area contributed by atoms with Crippen molar-refractivity contribution < 1.29 is 23.9 Å². The highest BCUT2D eigenvalue weighted by Crippen LogP contribution is 2.26. The second kappa shape index (κ2) is 11.8. The minimum atomic E-state index is -0.895. The van der Waals surface area contributed by atoms with Crippen molar-refractivity contribution in [3.63, 3.8) is 0 Å². The Balaban J connectivity index is 2.15. The summed E-state index contributed by atoms with van der Waals surface area (Å²) in [4.78, 5) is 39.3. The van der Waals surface area contributed by atoms with Crippen molar-refractivity contribution in [1.82, 2.24) is 10.2 Å². The summed E-state index contributed by atoms with van der Waals surface area (Å²) in [7, 11) is 0. The zero-order valence-corrected chi connectivity index (χ0v) is 18.6. The first kappa shape index (κ1) is 23.2. The summed E-state index contributed by atoms with van der Waals surface area (Å²) < 4.78 is 11.7. The summed E-state index contributed by atoms with van der Waals surface area (Å²) in [5.74, 6) is -0.693. The maximum atomic E-state index is 13.3. The Morgan fingerprint density at radius 2 is 2.00 bits per heavy atom. The molecule has 0 bridgehead atoms. The van der Waals surface area contributed by atoms with Crippen molar-refractivity contribution in [2.24, 2.45) is 0 Å². The van der Waals surface area contributed by atoms with Crippen LogP contribution in [0.3, 0.4) is 0 Å². The number of esters is 1. The van der Waals surface area contributed by atoms with Gasteiger partial charge in [-0.15, -0.1) is 0 Å². The maximum Gasteiger partial charge on any atom is 0.308 e. The third-order valence-corrected chi connectivity index (χ3v) is 5.09. The fourth-order valence-corrected chi connectivity index (χ4v) is 3.44. The fourth-order valence-electron chi connectivity index (χ4n) is 3.08. The smallest absolute Gasteiger partial charge is 0.308 e. The molecule has 160 valence electrons. The van der Waals surface area contributed by atoms with Gasteiger partial charge in [-0.25, -0.2) is 0 Å². The van der Waals surface area contributed by atoms with Crippen LogP contribution in [0.5, 0.6) is 5.75 Å². The van der Waals surface area contributed by atoms with E-state index >= 15 is 0 Å². The first-order valence-corrected chi connectivity index (χ1v) is 10.9. The van der Waals surface area contributed by atoms with Crippen molar-refractivity contribution in [2.75, 3.05) is 26.3 Å². The van der Waals surface area contributed by atoms with Crippen LogP contribution in [-0.4, -0.2) is 55.0 Å². The van der Waals surface area contributed by atoms with Crippen LogP contribution in [-0.2, 0) is 14.3 Å². The molecule has 0 saturated carbocycles. The molecule has 2 amide bonds. The van der Waals surface area contributed by atoms with Crippen molar-refractivity contribution in [2.45, 2.75) is 52.0 Å². The number of halogens is 1. The molecule has 1 aliphatic rings. The van der Waals surface area contributed by atoms with Gasteiger partial charge in [-0.2, -0.15) is 0 Å². The number of rotatable bonds is 10. The third kappa shape index (κ3) is 6.73. The highest BCUT2D eigenvalue weighted by atomic mass is 79.9. The molecular formula is C21H29BrN2O5. The van der Waals surface area contributed by atoms with Gasteiger partial charge in [-0.3, -0.25) is 14.4 Å². The highest BCUT2D eigenvalue weighted by molar-refractivity contribution is 9.10. The number of ether oxygens (including phenoxy) is 2. The van der Waals surface area contributed by atoms with Crippen LogP contribution < -0.4 is 10.1 Å². The van der Waals surface area contributed by atoms with Crippen LogP contribution >= 0.6 is 15.9 Å². The van der Waals surface area contributed by atoms with Crippen LogP contribution in [0.25, 0.3) is 0 Å². The van der Waals surface area contributed by atoms with Gasteiger partial charge >= 0.3 is 5.97 Å².